The van der Waals surface area contributed by atoms with Gasteiger partial charge in [0.1, 0.15) is 0 Å². The molecular weight excluding hydrogens is 548 g/mol. The van der Waals surface area contributed by atoms with Crippen molar-refractivity contribution >= 4 is 35.4 Å². The van der Waals surface area contributed by atoms with E-state index in [1.165, 1.54) is 6.92 Å². The van der Waals surface area contributed by atoms with Crippen LogP contribution in [0.25, 0.3) is 0 Å². The lowest BCUT2D eigenvalue weighted by atomic mass is 10.0. The maximum atomic E-state index is 12.1. The Morgan fingerprint density at radius 3 is 2.10 bits per heavy atom. The van der Waals surface area contributed by atoms with Gasteiger partial charge in [-0.25, -0.2) is 4.79 Å². The lowest BCUT2D eigenvalue weighted by Crippen LogP contribution is -2.36. The van der Waals surface area contributed by atoms with Crippen molar-refractivity contribution in [3.8, 4) is 0 Å². The average molecular weight is 593 g/mol. The molecule has 0 spiro atoms. The minimum Gasteiger partial charge on any atom is -0.379 e. The second-order valence-electron chi connectivity index (χ2n) is 10.2. The standard InChI is InChI=1S/C29H44N4O7S/c1-21(34)22-8-10-23(11-9-22)28(36)31-13-5-15-39-17-19-40-18-16-38-14-4-12-30-26(35)7-3-2-6-25-27-24(20-41-25)32-29(37)33-27/h8-11,24-25,27H,2-7,12-20H2,1H3,(H,30,35)(H,31,36)(H2,32,33,37). The lowest BCUT2D eigenvalue weighted by Gasteiger charge is -2.16. The van der Waals surface area contributed by atoms with Crippen LogP contribution in [-0.2, 0) is 19.0 Å². The third-order valence-electron chi connectivity index (χ3n) is 6.92. The van der Waals surface area contributed by atoms with Gasteiger partial charge in [0.2, 0.25) is 5.91 Å². The number of unbranched alkanes of at least 4 members (excludes halogenated alkanes) is 1. The number of carbonyl (C=O) groups excluding carboxylic acids is 4. The SMILES string of the molecule is CC(=O)c1ccc(C(=O)NCCCOCCOCCOCCCNC(=O)CCCCC2SCC3NC(=O)NC32)cc1. The summed E-state index contributed by atoms with van der Waals surface area (Å²) in [7, 11) is 0. The maximum absolute atomic E-state index is 12.1. The maximum Gasteiger partial charge on any atom is 0.315 e. The highest BCUT2D eigenvalue weighted by molar-refractivity contribution is 8.00. The zero-order chi connectivity index (χ0) is 29.3. The highest BCUT2D eigenvalue weighted by atomic mass is 32.2. The van der Waals surface area contributed by atoms with Crippen LogP contribution in [0.5, 0.6) is 0 Å². The first-order valence-electron chi connectivity index (χ1n) is 14.5. The van der Waals surface area contributed by atoms with E-state index in [0.29, 0.717) is 81.9 Å². The fourth-order valence-corrected chi connectivity index (χ4v) is 6.18. The van der Waals surface area contributed by atoms with Gasteiger partial charge in [-0.2, -0.15) is 11.8 Å². The number of carbonyl (C=O) groups is 4. The number of nitrogens with one attached hydrogen (secondary N) is 4. The Morgan fingerprint density at radius 1 is 0.829 bits per heavy atom. The fraction of sp³-hybridized carbons (Fsp3) is 0.655. The normalized spacial score (nSPS) is 19.3. The number of amides is 4. The fourth-order valence-electron chi connectivity index (χ4n) is 4.64. The molecule has 2 heterocycles. The third-order valence-corrected chi connectivity index (χ3v) is 8.43. The number of fused-ring (bicyclic) bond motifs is 1. The van der Waals surface area contributed by atoms with Crippen LogP contribution in [0.15, 0.2) is 24.3 Å². The zero-order valence-corrected chi connectivity index (χ0v) is 24.7. The summed E-state index contributed by atoms with van der Waals surface area (Å²) in [5.74, 6) is 0.835. The summed E-state index contributed by atoms with van der Waals surface area (Å²) in [5.41, 5.74) is 1.11. The van der Waals surface area contributed by atoms with Gasteiger partial charge in [-0.1, -0.05) is 18.6 Å². The Balaban J connectivity index is 1.02. The summed E-state index contributed by atoms with van der Waals surface area (Å²) in [6.45, 7) is 5.59. The molecule has 4 amide bonds. The number of benzene rings is 1. The molecule has 3 unspecified atom stereocenters. The Kier molecular flexibility index (Phi) is 15.0. The van der Waals surface area contributed by atoms with Crippen LogP contribution in [0.3, 0.4) is 0 Å². The second kappa shape index (κ2) is 18.7. The second-order valence-corrected chi connectivity index (χ2v) is 11.4. The monoisotopic (exact) mass is 592 g/mol. The Bertz CT molecular complexity index is 978. The Labute approximate surface area is 246 Å². The van der Waals surface area contributed by atoms with Gasteiger partial charge in [-0.3, -0.25) is 14.4 Å². The van der Waals surface area contributed by atoms with Crippen molar-refractivity contribution in [2.24, 2.45) is 0 Å². The van der Waals surface area contributed by atoms with E-state index >= 15 is 0 Å². The summed E-state index contributed by atoms with van der Waals surface area (Å²) < 4.78 is 16.5. The van der Waals surface area contributed by atoms with Crippen LogP contribution in [0.4, 0.5) is 4.79 Å². The number of hydrogen-bond acceptors (Lipinski definition) is 8. The molecule has 12 heteroatoms. The van der Waals surface area contributed by atoms with Gasteiger partial charge in [0.15, 0.2) is 5.78 Å². The van der Waals surface area contributed by atoms with E-state index in [-0.39, 0.29) is 35.7 Å². The molecule has 0 radical (unpaired) electrons. The molecule has 3 atom stereocenters. The number of ketones is 1. The van der Waals surface area contributed by atoms with Gasteiger partial charge in [-0.05, 0) is 44.7 Å². The minimum absolute atomic E-state index is 0.0282. The molecule has 2 saturated heterocycles. The zero-order valence-electron chi connectivity index (χ0n) is 23.9. The van der Waals surface area contributed by atoms with Crippen molar-refractivity contribution in [1.29, 1.82) is 0 Å². The van der Waals surface area contributed by atoms with E-state index in [4.69, 9.17) is 14.2 Å². The molecule has 11 nitrogen and oxygen atoms in total. The summed E-state index contributed by atoms with van der Waals surface area (Å²) in [5, 5.41) is 12.2. The van der Waals surface area contributed by atoms with Crippen molar-refractivity contribution in [3.63, 3.8) is 0 Å². The summed E-state index contributed by atoms with van der Waals surface area (Å²) in [6.07, 6.45) is 4.83. The van der Waals surface area contributed by atoms with Crippen LogP contribution in [-0.4, -0.2) is 99.4 Å². The number of Topliss-reactive ketones (excluding diaryl/α,β-unsaturated/α-hetero) is 1. The first-order chi connectivity index (χ1) is 19.9. The van der Waals surface area contributed by atoms with E-state index in [1.807, 2.05) is 11.8 Å². The van der Waals surface area contributed by atoms with E-state index in [1.54, 1.807) is 24.3 Å². The molecule has 1 aromatic carbocycles. The Hall–Kier alpha value is -2.67. The molecule has 2 fully saturated rings. The number of thioether (sulfide) groups is 1. The molecule has 0 aliphatic carbocycles. The number of urea groups is 1. The molecule has 41 heavy (non-hydrogen) atoms. The van der Waals surface area contributed by atoms with Crippen LogP contribution in [0, 0.1) is 0 Å². The molecule has 228 valence electrons. The van der Waals surface area contributed by atoms with Gasteiger partial charge < -0.3 is 35.5 Å². The molecule has 4 N–H and O–H groups in total. The predicted molar refractivity (Wildman–Crippen MR) is 157 cm³/mol. The van der Waals surface area contributed by atoms with E-state index in [2.05, 4.69) is 21.3 Å². The molecule has 0 saturated carbocycles. The third kappa shape index (κ3) is 12.4. The lowest BCUT2D eigenvalue weighted by molar-refractivity contribution is -0.121. The van der Waals surface area contributed by atoms with E-state index in [9.17, 15) is 19.2 Å². The summed E-state index contributed by atoms with van der Waals surface area (Å²) in [6, 6.07) is 7.01. The molecule has 3 rings (SSSR count). The van der Waals surface area contributed by atoms with Crippen molar-refractivity contribution in [3.05, 3.63) is 35.4 Å². The van der Waals surface area contributed by atoms with Gasteiger partial charge >= 0.3 is 6.03 Å². The molecule has 0 aromatic heterocycles. The average Bonchev–Trinajstić information content (AvgIpc) is 3.52. The van der Waals surface area contributed by atoms with E-state index in [0.717, 1.165) is 31.4 Å². The minimum atomic E-state index is -0.172. The van der Waals surface area contributed by atoms with Gasteiger partial charge in [-0.15, -0.1) is 0 Å². The van der Waals surface area contributed by atoms with Gasteiger partial charge in [0, 0.05) is 54.9 Å². The number of hydrogen-bond donors (Lipinski definition) is 4. The molecule has 1 aromatic rings. The molecule has 2 aliphatic rings. The van der Waals surface area contributed by atoms with Gasteiger partial charge in [0.25, 0.3) is 5.91 Å². The quantitative estimate of drug-likeness (QED) is 0.0967. The Morgan fingerprint density at radius 2 is 1.44 bits per heavy atom. The van der Waals surface area contributed by atoms with Crippen LogP contribution in [0.1, 0.15) is 66.2 Å². The molecule has 0 bridgehead atoms. The van der Waals surface area contributed by atoms with Crippen molar-refractivity contribution in [1.82, 2.24) is 21.3 Å². The van der Waals surface area contributed by atoms with Crippen molar-refractivity contribution < 1.29 is 33.4 Å². The van der Waals surface area contributed by atoms with Crippen molar-refractivity contribution in [2.75, 3.05) is 58.5 Å². The van der Waals surface area contributed by atoms with Crippen LogP contribution >= 0.6 is 11.8 Å². The largest absolute Gasteiger partial charge is 0.379 e. The number of ether oxygens (including phenoxy) is 3. The summed E-state index contributed by atoms with van der Waals surface area (Å²) >= 11 is 1.90. The van der Waals surface area contributed by atoms with Crippen LogP contribution < -0.4 is 21.3 Å². The first kappa shape index (κ1) is 32.8. The van der Waals surface area contributed by atoms with Crippen molar-refractivity contribution in [2.45, 2.75) is 62.8 Å². The van der Waals surface area contributed by atoms with Gasteiger partial charge in [0.05, 0.1) is 38.5 Å². The first-order valence-corrected chi connectivity index (χ1v) is 15.6. The smallest absolute Gasteiger partial charge is 0.315 e. The topological polar surface area (TPSA) is 144 Å². The van der Waals surface area contributed by atoms with Crippen LogP contribution in [0.2, 0.25) is 0 Å². The summed E-state index contributed by atoms with van der Waals surface area (Å²) in [4.78, 5) is 46.8. The number of rotatable bonds is 21. The predicted octanol–water partition coefficient (Wildman–Crippen LogP) is 2.29. The molecule has 2 aliphatic heterocycles. The highest BCUT2D eigenvalue weighted by Crippen LogP contribution is 2.33. The highest BCUT2D eigenvalue weighted by Gasteiger charge is 2.42. The van der Waals surface area contributed by atoms with E-state index < -0.39 is 0 Å². The molecular formula is C29H44N4O7S.